The maximum Gasteiger partial charge on any atom is 0.0409 e. The molecule has 0 nitrogen and oxygen atoms in total. The monoisotopic (exact) mass is 282 g/mol. The molecule has 80 valence electrons. The number of rotatable bonds is 4. The van der Waals surface area contributed by atoms with E-state index in [0.717, 1.165) is 0 Å². The van der Waals surface area contributed by atoms with E-state index in [4.69, 9.17) is 0 Å². The average molecular weight is 283 g/mol. The van der Waals surface area contributed by atoms with Crippen LogP contribution in [0.5, 0.6) is 0 Å². The molecule has 0 spiro atoms. The van der Waals surface area contributed by atoms with E-state index in [1.54, 1.807) is 0 Å². The van der Waals surface area contributed by atoms with Crippen LogP contribution in [0.15, 0.2) is 29.6 Å². The fraction of sp³-hybridized carbons (Fsp3) is 0.385. The van der Waals surface area contributed by atoms with Crippen LogP contribution in [0.2, 0.25) is 0 Å². The zero-order chi connectivity index (χ0) is 10.7. The van der Waals surface area contributed by atoms with Crippen LogP contribution in [-0.2, 0) is 0 Å². The van der Waals surface area contributed by atoms with Gasteiger partial charge in [-0.25, -0.2) is 0 Å². The van der Waals surface area contributed by atoms with Crippen molar-refractivity contribution in [1.82, 2.24) is 0 Å². The molecule has 0 aliphatic heterocycles. The third kappa shape index (κ3) is 2.43. The van der Waals surface area contributed by atoms with Gasteiger partial charge in [0.25, 0.3) is 0 Å². The quantitative estimate of drug-likeness (QED) is 0.647. The molecular formula is C13H15BrS. The van der Waals surface area contributed by atoms with Crippen LogP contribution in [0, 0.1) is 0 Å². The Balaban J connectivity index is 2.27. The second-order valence-electron chi connectivity index (χ2n) is 3.80. The molecule has 0 N–H and O–H groups in total. The number of halogens is 1. The minimum atomic E-state index is 0.522. The number of fused-ring (bicyclic) bond motifs is 1. The van der Waals surface area contributed by atoms with E-state index in [2.05, 4.69) is 52.5 Å². The molecule has 2 heteroatoms. The topological polar surface area (TPSA) is 0 Å². The molecule has 0 saturated carbocycles. The van der Waals surface area contributed by atoms with Crippen LogP contribution in [0.1, 0.15) is 36.6 Å². The van der Waals surface area contributed by atoms with E-state index in [1.807, 2.05) is 11.3 Å². The van der Waals surface area contributed by atoms with Gasteiger partial charge in [-0.2, -0.15) is 0 Å². The van der Waals surface area contributed by atoms with Gasteiger partial charge in [-0.05, 0) is 28.8 Å². The minimum absolute atomic E-state index is 0.522. The van der Waals surface area contributed by atoms with Crippen LogP contribution in [0.25, 0.3) is 10.1 Å². The highest BCUT2D eigenvalue weighted by molar-refractivity contribution is 9.09. The van der Waals surface area contributed by atoms with Crippen molar-refractivity contribution in [2.75, 3.05) is 0 Å². The van der Waals surface area contributed by atoms with Crippen molar-refractivity contribution in [1.29, 1.82) is 0 Å². The van der Waals surface area contributed by atoms with E-state index < -0.39 is 0 Å². The summed E-state index contributed by atoms with van der Waals surface area (Å²) in [5.74, 6) is 0. The van der Waals surface area contributed by atoms with Crippen molar-refractivity contribution in [3.05, 3.63) is 35.2 Å². The maximum atomic E-state index is 3.79. The smallest absolute Gasteiger partial charge is 0.0409 e. The SMILES string of the molecule is CCCCC(Br)c1csc2ccccc12. The highest BCUT2D eigenvalue weighted by Crippen LogP contribution is 2.37. The summed E-state index contributed by atoms with van der Waals surface area (Å²) in [5, 5.41) is 3.71. The Morgan fingerprint density at radius 3 is 2.93 bits per heavy atom. The molecule has 0 saturated heterocycles. The normalized spacial score (nSPS) is 13.2. The van der Waals surface area contributed by atoms with Crippen molar-refractivity contribution in [2.45, 2.75) is 31.0 Å². The van der Waals surface area contributed by atoms with E-state index in [9.17, 15) is 0 Å². The molecule has 0 amide bonds. The van der Waals surface area contributed by atoms with Crippen molar-refractivity contribution in [2.24, 2.45) is 0 Å². The number of benzene rings is 1. The molecule has 0 bridgehead atoms. The van der Waals surface area contributed by atoms with E-state index >= 15 is 0 Å². The Hall–Kier alpha value is -0.340. The standard InChI is InChI=1S/C13H15BrS/c1-2-3-7-12(14)11-9-15-13-8-5-4-6-10(11)13/h4-6,8-9,12H,2-3,7H2,1H3. The number of thiophene rings is 1. The van der Waals surface area contributed by atoms with Gasteiger partial charge in [-0.15, -0.1) is 11.3 Å². The zero-order valence-electron chi connectivity index (χ0n) is 8.87. The third-order valence-corrected chi connectivity index (χ3v) is 4.59. The first kappa shape index (κ1) is 11.2. The highest BCUT2D eigenvalue weighted by atomic mass is 79.9. The van der Waals surface area contributed by atoms with Crippen molar-refractivity contribution in [3.63, 3.8) is 0 Å². The summed E-state index contributed by atoms with van der Waals surface area (Å²) in [5.41, 5.74) is 1.46. The molecule has 0 aliphatic rings. The highest BCUT2D eigenvalue weighted by Gasteiger charge is 2.11. The van der Waals surface area contributed by atoms with Crippen molar-refractivity contribution in [3.8, 4) is 0 Å². The van der Waals surface area contributed by atoms with Gasteiger partial charge in [0.2, 0.25) is 0 Å². The van der Waals surface area contributed by atoms with Crippen LogP contribution < -0.4 is 0 Å². The second-order valence-corrected chi connectivity index (χ2v) is 5.81. The Morgan fingerprint density at radius 2 is 2.13 bits per heavy atom. The molecule has 0 fully saturated rings. The second kappa shape index (κ2) is 5.13. The minimum Gasteiger partial charge on any atom is -0.143 e. The summed E-state index contributed by atoms with van der Waals surface area (Å²) in [6.07, 6.45) is 3.79. The van der Waals surface area contributed by atoms with Gasteiger partial charge in [-0.3, -0.25) is 0 Å². The Bertz CT molecular complexity index is 433. The van der Waals surface area contributed by atoms with Gasteiger partial charge < -0.3 is 0 Å². The van der Waals surface area contributed by atoms with E-state index in [0.29, 0.717) is 4.83 Å². The average Bonchev–Trinajstić information content (AvgIpc) is 2.69. The van der Waals surface area contributed by atoms with Gasteiger partial charge in [0.05, 0.1) is 0 Å². The van der Waals surface area contributed by atoms with Crippen molar-refractivity contribution >= 4 is 37.4 Å². The van der Waals surface area contributed by atoms with Gasteiger partial charge >= 0.3 is 0 Å². The Kier molecular flexibility index (Phi) is 3.81. The van der Waals surface area contributed by atoms with Crippen molar-refractivity contribution < 1.29 is 0 Å². The number of hydrogen-bond donors (Lipinski definition) is 0. The fourth-order valence-electron chi connectivity index (χ4n) is 1.78. The lowest BCUT2D eigenvalue weighted by Gasteiger charge is -2.07. The van der Waals surface area contributed by atoms with Gasteiger partial charge in [0.1, 0.15) is 0 Å². The molecular weight excluding hydrogens is 268 g/mol. The molecule has 1 atom stereocenters. The Labute approximate surface area is 103 Å². The lowest BCUT2D eigenvalue weighted by molar-refractivity contribution is 0.716. The molecule has 1 heterocycles. The van der Waals surface area contributed by atoms with Gasteiger partial charge in [0, 0.05) is 9.53 Å². The van der Waals surface area contributed by atoms with E-state index in [1.165, 1.54) is 34.9 Å². The molecule has 1 aromatic carbocycles. The molecule has 1 aromatic heterocycles. The summed E-state index contributed by atoms with van der Waals surface area (Å²) in [7, 11) is 0. The predicted molar refractivity (Wildman–Crippen MR) is 73.0 cm³/mol. The van der Waals surface area contributed by atoms with Crippen LogP contribution >= 0.6 is 27.3 Å². The first-order chi connectivity index (χ1) is 7.33. The predicted octanol–water partition coefficient (Wildman–Crippen LogP) is 5.53. The molecule has 15 heavy (non-hydrogen) atoms. The van der Waals surface area contributed by atoms with Gasteiger partial charge in [-0.1, -0.05) is 53.9 Å². The molecule has 0 aliphatic carbocycles. The Morgan fingerprint density at radius 1 is 1.33 bits per heavy atom. The van der Waals surface area contributed by atoms with Crippen LogP contribution in [0.3, 0.4) is 0 Å². The molecule has 1 unspecified atom stereocenters. The summed E-state index contributed by atoms with van der Waals surface area (Å²) in [6.45, 7) is 2.24. The molecule has 2 aromatic rings. The first-order valence-electron chi connectivity index (χ1n) is 5.43. The largest absolute Gasteiger partial charge is 0.143 e. The lowest BCUT2D eigenvalue weighted by Crippen LogP contribution is -1.87. The number of hydrogen-bond acceptors (Lipinski definition) is 1. The number of alkyl halides is 1. The summed E-state index contributed by atoms with van der Waals surface area (Å²) in [6, 6.07) is 8.65. The molecule has 0 radical (unpaired) electrons. The molecule has 2 rings (SSSR count). The fourth-order valence-corrected chi connectivity index (χ4v) is 3.67. The first-order valence-corrected chi connectivity index (χ1v) is 7.22. The summed E-state index contributed by atoms with van der Waals surface area (Å²) >= 11 is 5.64. The lowest BCUT2D eigenvalue weighted by atomic mass is 10.1. The zero-order valence-corrected chi connectivity index (χ0v) is 11.3. The van der Waals surface area contributed by atoms with Crippen LogP contribution in [-0.4, -0.2) is 0 Å². The van der Waals surface area contributed by atoms with Crippen LogP contribution in [0.4, 0.5) is 0 Å². The third-order valence-electron chi connectivity index (χ3n) is 2.66. The van der Waals surface area contributed by atoms with Gasteiger partial charge in [0.15, 0.2) is 0 Å². The van der Waals surface area contributed by atoms with E-state index in [-0.39, 0.29) is 0 Å². The maximum absolute atomic E-state index is 3.79. The number of unbranched alkanes of at least 4 members (excludes halogenated alkanes) is 1. The summed E-state index contributed by atoms with van der Waals surface area (Å²) < 4.78 is 1.40. The summed E-state index contributed by atoms with van der Waals surface area (Å²) in [4.78, 5) is 0.522.